The number of hydrogen-bond donors (Lipinski definition) is 0. The predicted molar refractivity (Wildman–Crippen MR) is 141 cm³/mol. The molecule has 1 amide bonds. The minimum Gasteiger partial charge on any atom is -0.494 e. The summed E-state index contributed by atoms with van der Waals surface area (Å²) in [5.74, 6) is 1.36. The van der Waals surface area contributed by atoms with Crippen molar-refractivity contribution in [3.05, 3.63) is 66.7 Å². The zero-order chi connectivity index (χ0) is 24.5. The molecule has 0 spiro atoms. The zero-order valence-electron chi connectivity index (χ0n) is 20.4. The van der Waals surface area contributed by atoms with E-state index in [1.165, 1.54) is 11.3 Å². The van der Waals surface area contributed by atoms with E-state index in [2.05, 4.69) is 11.9 Å². The zero-order valence-corrected chi connectivity index (χ0v) is 21.2. The number of hydrogen-bond acceptors (Lipinski definition) is 6. The summed E-state index contributed by atoms with van der Waals surface area (Å²) in [6.07, 6.45) is 9.52. The predicted octanol–water partition coefficient (Wildman–Crippen LogP) is 6.20. The Morgan fingerprint density at radius 2 is 1.97 bits per heavy atom. The Balaban J connectivity index is 1.58. The van der Waals surface area contributed by atoms with Crippen LogP contribution >= 0.6 is 11.3 Å². The van der Waals surface area contributed by atoms with Crippen LogP contribution in [-0.4, -0.2) is 40.2 Å². The number of carbonyl (C=O) groups is 1. The fourth-order valence-corrected chi connectivity index (χ4v) is 4.84. The summed E-state index contributed by atoms with van der Waals surface area (Å²) in [7, 11) is 0. The standard InChI is InChI=1S/C27H32N4O3S/c1-3-5-6-18-34-22-11-7-10-21(19-22)26(32)31(16-9-15-30-17-14-28-20-30)27-29-25-23(33-4-2)12-8-13-24(25)35-27/h7-8,10-14,17,19-20H,3-6,9,15-16,18H2,1-2H3. The van der Waals surface area contributed by atoms with Gasteiger partial charge >= 0.3 is 0 Å². The van der Waals surface area contributed by atoms with Crippen LogP contribution in [-0.2, 0) is 6.54 Å². The van der Waals surface area contributed by atoms with E-state index >= 15 is 0 Å². The highest BCUT2D eigenvalue weighted by molar-refractivity contribution is 7.22. The first-order valence-electron chi connectivity index (χ1n) is 12.2. The first kappa shape index (κ1) is 24.7. The molecule has 7 nitrogen and oxygen atoms in total. The summed E-state index contributed by atoms with van der Waals surface area (Å²) in [4.78, 5) is 24.5. The SMILES string of the molecule is CCCCCOc1cccc(C(=O)N(CCCn2ccnc2)c2nc3c(OCC)cccc3s2)c1. The largest absolute Gasteiger partial charge is 0.494 e. The lowest BCUT2D eigenvalue weighted by Crippen LogP contribution is -2.32. The minimum absolute atomic E-state index is 0.0911. The molecule has 35 heavy (non-hydrogen) atoms. The molecule has 0 bridgehead atoms. The molecule has 2 heterocycles. The van der Waals surface area contributed by atoms with E-state index in [0.717, 1.165) is 48.2 Å². The third-order valence-electron chi connectivity index (χ3n) is 5.60. The lowest BCUT2D eigenvalue weighted by atomic mass is 10.2. The van der Waals surface area contributed by atoms with Crippen molar-refractivity contribution in [1.29, 1.82) is 0 Å². The summed E-state index contributed by atoms with van der Waals surface area (Å²) < 4.78 is 14.7. The normalized spacial score (nSPS) is 11.0. The van der Waals surface area contributed by atoms with Crippen molar-refractivity contribution >= 4 is 32.6 Å². The summed E-state index contributed by atoms with van der Waals surface area (Å²) >= 11 is 1.50. The van der Waals surface area contributed by atoms with Gasteiger partial charge in [-0.25, -0.2) is 9.97 Å². The molecule has 0 radical (unpaired) electrons. The topological polar surface area (TPSA) is 69.5 Å². The number of thiazole rings is 1. The number of rotatable bonds is 13. The van der Waals surface area contributed by atoms with Crippen molar-refractivity contribution in [3.63, 3.8) is 0 Å². The molecular weight excluding hydrogens is 460 g/mol. The van der Waals surface area contributed by atoms with Crippen molar-refractivity contribution in [1.82, 2.24) is 14.5 Å². The van der Waals surface area contributed by atoms with E-state index in [9.17, 15) is 4.79 Å². The van der Waals surface area contributed by atoms with Crippen LogP contribution in [0.15, 0.2) is 61.2 Å². The Labute approximate surface area is 210 Å². The van der Waals surface area contributed by atoms with E-state index in [-0.39, 0.29) is 5.91 Å². The number of aromatic nitrogens is 3. The number of carbonyl (C=O) groups excluding carboxylic acids is 1. The number of unbranched alkanes of at least 4 members (excludes halogenated alkanes) is 2. The Morgan fingerprint density at radius 1 is 1.09 bits per heavy atom. The van der Waals surface area contributed by atoms with Crippen molar-refractivity contribution in [2.75, 3.05) is 24.7 Å². The summed E-state index contributed by atoms with van der Waals surface area (Å²) in [6, 6.07) is 13.3. The summed E-state index contributed by atoms with van der Waals surface area (Å²) in [6.45, 7) is 6.63. The smallest absolute Gasteiger partial charge is 0.260 e. The first-order valence-corrected chi connectivity index (χ1v) is 13.0. The Morgan fingerprint density at radius 3 is 2.77 bits per heavy atom. The van der Waals surface area contributed by atoms with E-state index in [0.29, 0.717) is 36.2 Å². The van der Waals surface area contributed by atoms with Crippen LogP contribution in [0.2, 0.25) is 0 Å². The number of ether oxygens (including phenoxy) is 2. The number of nitrogens with zero attached hydrogens (tertiary/aromatic N) is 4. The molecule has 0 unspecified atom stereocenters. The summed E-state index contributed by atoms with van der Waals surface area (Å²) in [5, 5.41) is 0.664. The van der Waals surface area contributed by atoms with Crippen LogP contribution < -0.4 is 14.4 Å². The molecule has 0 saturated carbocycles. The van der Waals surface area contributed by atoms with Crippen LogP contribution in [0.5, 0.6) is 11.5 Å². The maximum absolute atomic E-state index is 13.7. The minimum atomic E-state index is -0.0911. The first-order chi connectivity index (χ1) is 17.2. The molecule has 0 N–H and O–H groups in total. The molecule has 8 heteroatoms. The number of benzene rings is 2. The monoisotopic (exact) mass is 492 g/mol. The van der Waals surface area contributed by atoms with Crippen LogP contribution in [0.4, 0.5) is 5.13 Å². The molecule has 0 aliphatic heterocycles. The van der Waals surface area contributed by atoms with E-state index in [1.54, 1.807) is 17.4 Å². The molecule has 0 saturated heterocycles. The second-order valence-corrected chi connectivity index (χ2v) is 9.24. The molecule has 0 fully saturated rings. The highest BCUT2D eigenvalue weighted by Gasteiger charge is 2.22. The quantitative estimate of drug-likeness (QED) is 0.208. The second-order valence-electron chi connectivity index (χ2n) is 8.23. The number of para-hydroxylation sites is 1. The molecule has 184 valence electrons. The Bertz CT molecular complexity index is 1220. The maximum Gasteiger partial charge on any atom is 0.260 e. The van der Waals surface area contributed by atoms with Gasteiger partial charge in [-0.2, -0.15) is 0 Å². The van der Waals surface area contributed by atoms with Gasteiger partial charge in [0.25, 0.3) is 5.91 Å². The lowest BCUT2D eigenvalue weighted by Gasteiger charge is -2.20. The van der Waals surface area contributed by atoms with E-state index < -0.39 is 0 Å². The van der Waals surface area contributed by atoms with Crippen molar-refractivity contribution < 1.29 is 14.3 Å². The molecule has 0 atom stereocenters. The van der Waals surface area contributed by atoms with Crippen molar-refractivity contribution in [2.45, 2.75) is 46.1 Å². The molecule has 4 rings (SSSR count). The van der Waals surface area contributed by atoms with Crippen molar-refractivity contribution in [2.24, 2.45) is 0 Å². The van der Waals surface area contributed by atoms with Crippen LogP contribution in [0.25, 0.3) is 10.2 Å². The molecule has 2 aromatic carbocycles. The van der Waals surface area contributed by atoms with Gasteiger partial charge < -0.3 is 14.0 Å². The van der Waals surface area contributed by atoms with Gasteiger partial charge in [0, 0.05) is 31.0 Å². The van der Waals surface area contributed by atoms with E-state index in [1.807, 2.05) is 60.2 Å². The van der Waals surface area contributed by atoms with Gasteiger partial charge in [0.2, 0.25) is 0 Å². The second kappa shape index (κ2) is 12.4. The average molecular weight is 493 g/mol. The Hall–Kier alpha value is -3.39. The summed E-state index contributed by atoms with van der Waals surface area (Å²) in [5.41, 5.74) is 1.37. The highest BCUT2D eigenvalue weighted by Crippen LogP contribution is 2.35. The van der Waals surface area contributed by atoms with Crippen LogP contribution in [0.1, 0.15) is 49.9 Å². The van der Waals surface area contributed by atoms with Gasteiger partial charge in [-0.1, -0.05) is 43.2 Å². The lowest BCUT2D eigenvalue weighted by molar-refractivity contribution is 0.0986. The van der Waals surface area contributed by atoms with Gasteiger partial charge in [-0.3, -0.25) is 9.69 Å². The number of amides is 1. The maximum atomic E-state index is 13.7. The molecule has 0 aliphatic rings. The Kier molecular flexibility index (Phi) is 8.73. The third kappa shape index (κ3) is 6.39. The highest BCUT2D eigenvalue weighted by atomic mass is 32.1. The molecule has 2 aromatic heterocycles. The van der Waals surface area contributed by atoms with E-state index in [4.69, 9.17) is 14.5 Å². The average Bonchev–Trinajstić information content (AvgIpc) is 3.55. The van der Waals surface area contributed by atoms with Crippen molar-refractivity contribution in [3.8, 4) is 11.5 Å². The van der Waals surface area contributed by atoms with Gasteiger partial charge in [-0.05, 0) is 50.1 Å². The number of fused-ring (bicyclic) bond motifs is 1. The molecular formula is C27H32N4O3S. The molecule has 0 aliphatic carbocycles. The number of aryl methyl sites for hydroxylation is 1. The van der Waals surface area contributed by atoms with Crippen LogP contribution in [0, 0.1) is 0 Å². The third-order valence-corrected chi connectivity index (χ3v) is 6.64. The van der Waals surface area contributed by atoms with Gasteiger partial charge in [0.15, 0.2) is 5.13 Å². The number of anilines is 1. The fourth-order valence-electron chi connectivity index (χ4n) is 3.83. The van der Waals surface area contributed by atoms with Gasteiger partial charge in [0.05, 0.1) is 24.2 Å². The molecule has 4 aromatic rings. The van der Waals surface area contributed by atoms with Gasteiger partial charge in [0.1, 0.15) is 17.0 Å². The fraction of sp³-hybridized carbons (Fsp3) is 0.370. The van der Waals surface area contributed by atoms with Crippen LogP contribution in [0.3, 0.4) is 0 Å². The van der Waals surface area contributed by atoms with Gasteiger partial charge in [-0.15, -0.1) is 0 Å². The number of imidazole rings is 1.